The molecule has 1 saturated heterocycles. The summed E-state index contributed by atoms with van der Waals surface area (Å²) in [5, 5.41) is 0. The lowest BCUT2D eigenvalue weighted by molar-refractivity contribution is -0.150. The number of fused-ring (bicyclic) bond motifs is 3. The third-order valence-electron chi connectivity index (χ3n) is 5.14. The smallest absolute Gasteiger partial charge is 0.309 e. The van der Waals surface area contributed by atoms with Gasteiger partial charge >= 0.3 is 5.97 Å². The van der Waals surface area contributed by atoms with Gasteiger partial charge < -0.3 is 18.9 Å². The van der Waals surface area contributed by atoms with Gasteiger partial charge in [-0.05, 0) is 11.1 Å². The number of rotatable bonds is 6. The first-order valence-corrected chi connectivity index (χ1v) is 9.64. The Bertz CT molecular complexity index is 1020. The van der Waals surface area contributed by atoms with Crippen molar-refractivity contribution < 1.29 is 23.7 Å². The summed E-state index contributed by atoms with van der Waals surface area (Å²) in [6.45, 7) is 0.862. The fourth-order valence-corrected chi connectivity index (χ4v) is 3.72. The van der Waals surface area contributed by atoms with E-state index < -0.39 is 6.29 Å². The molecule has 0 bridgehead atoms. The monoisotopic (exact) mass is 388 g/mol. The van der Waals surface area contributed by atoms with Crippen molar-refractivity contribution in [3.63, 3.8) is 0 Å². The number of hydrogen-bond donors (Lipinski definition) is 0. The number of carbonyl (C=O) groups excluding carboxylic acids is 1. The molecule has 0 N–H and O–H groups in total. The van der Waals surface area contributed by atoms with Crippen LogP contribution < -0.4 is 14.2 Å². The quantitative estimate of drug-likeness (QED) is 0.578. The van der Waals surface area contributed by atoms with Crippen LogP contribution in [-0.4, -0.2) is 12.3 Å². The molecule has 2 unspecified atom stereocenters. The normalized spacial score (nSPS) is 19.1. The molecule has 5 rings (SSSR count). The standard InChI is InChI=1S/C24H20O5/c25-22-13-19-23-20(27-15-17-9-5-2-6-10-17)11-18(12-21(23)28-24(19)29-22)26-14-16-7-3-1-4-8-16/h1-12,19,24H,13-15H2. The van der Waals surface area contributed by atoms with Crippen LogP contribution in [-0.2, 0) is 22.7 Å². The van der Waals surface area contributed by atoms with E-state index >= 15 is 0 Å². The van der Waals surface area contributed by atoms with Gasteiger partial charge in [0.05, 0.1) is 12.3 Å². The maximum Gasteiger partial charge on any atom is 0.309 e. The minimum Gasteiger partial charge on any atom is -0.489 e. The van der Waals surface area contributed by atoms with Crippen LogP contribution in [0.15, 0.2) is 72.8 Å². The Labute approximate surface area is 168 Å². The molecule has 3 aromatic carbocycles. The number of hydrogen-bond acceptors (Lipinski definition) is 5. The van der Waals surface area contributed by atoms with E-state index in [1.807, 2.05) is 72.8 Å². The summed E-state index contributed by atoms with van der Waals surface area (Å²) in [6, 6.07) is 23.6. The molecule has 2 atom stereocenters. The molecule has 0 spiro atoms. The Balaban J connectivity index is 1.42. The van der Waals surface area contributed by atoms with Gasteiger partial charge in [0.25, 0.3) is 6.29 Å². The third kappa shape index (κ3) is 3.63. The van der Waals surface area contributed by atoms with E-state index in [1.165, 1.54) is 0 Å². The number of carbonyl (C=O) groups is 1. The Morgan fingerprint density at radius 3 is 2.17 bits per heavy atom. The van der Waals surface area contributed by atoms with Crippen molar-refractivity contribution in [1.82, 2.24) is 0 Å². The average molecular weight is 388 g/mol. The zero-order valence-corrected chi connectivity index (χ0v) is 15.7. The molecule has 3 aromatic rings. The van der Waals surface area contributed by atoms with Gasteiger partial charge in [0.1, 0.15) is 30.5 Å². The summed E-state index contributed by atoms with van der Waals surface area (Å²) >= 11 is 0. The summed E-state index contributed by atoms with van der Waals surface area (Å²) in [7, 11) is 0. The lowest BCUT2D eigenvalue weighted by Crippen LogP contribution is -2.14. The molecule has 0 amide bonds. The molecule has 5 heteroatoms. The fraction of sp³-hybridized carbons (Fsp3) is 0.208. The van der Waals surface area contributed by atoms with Gasteiger partial charge in [-0.3, -0.25) is 4.79 Å². The lowest BCUT2D eigenvalue weighted by Gasteiger charge is -2.15. The molecule has 0 saturated carbocycles. The number of esters is 1. The maximum atomic E-state index is 11.7. The van der Waals surface area contributed by atoms with Crippen molar-refractivity contribution in [3.8, 4) is 17.2 Å². The van der Waals surface area contributed by atoms with Crippen LogP contribution in [0, 0.1) is 0 Å². The Kier molecular flexibility index (Phi) is 4.56. The molecule has 2 aliphatic heterocycles. The Morgan fingerprint density at radius 2 is 1.48 bits per heavy atom. The Morgan fingerprint density at radius 1 is 0.828 bits per heavy atom. The molecule has 0 aliphatic carbocycles. The third-order valence-corrected chi connectivity index (χ3v) is 5.14. The van der Waals surface area contributed by atoms with E-state index in [2.05, 4.69) is 0 Å². The van der Waals surface area contributed by atoms with Crippen LogP contribution in [0.4, 0.5) is 0 Å². The van der Waals surface area contributed by atoms with Gasteiger partial charge in [0.2, 0.25) is 0 Å². The topological polar surface area (TPSA) is 54.0 Å². The summed E-state index contributed by atoms with van der Waals surface area (Å²) in [5.74, 6) is 1.58. The van der Waals surface area contributed by atoms with Crippen LogP contribution in [0.25, 0.3) is 0 Å². The van der Waals surface area contributed by atoms with Crippen LogP contribution in [0.1, 0.15) is 29.0 Å². The van der Waals surface area contributed by atoms with Crippen LogP contribution in [0.5, 0.6) is 17.2 Å². The van der Waals surface area contributed by atoms with E-state index in [9.17, 15) is 4.79 Å². The van der Waals surface area contributed by atoms with Crippen LogP contribution >= 0.6 is 0 Å². The SMILES string of the molecule is O=C1CC2c3c(OCc4ccccc4)cc(OCc4ccccc4)cc3OC2O1. The summed E-state index contributed by atoms with van der Waals surface area (Å²) in [6.07, 6.45) is -0.287. The summed E-state index contributed by atoms with van der Waals surface area (Å²) in [5.41, 5.74) is 3.02. The average Bonchev–Trinajstić information content (AvgIpc) is 3.27. The molecule has 146 valence electrons. The lowest BCUT2D eigenvalue weighted by atomic mass is 9.97. The van der Waals surface area contributed by atoms with Crippen molar-refractivity contribution in [2.45, 2.75) is 31.8 Å². The summed E-state index contributed by atoms with van der Waals surface area (Å²) < 4.78 is 23.3. The van der Waals surface area contributed by atoms with Gasteiger partial charge in [0.15, 0.2) is 0 Å². The molecule has 29 heavy (non-hydrogen) atoms. The van der Waals surface area contributed by atoms with Gasteiger partial charge in [0, 0.05) is 17.7 Å². The maximum absolute atomic E-state index is 11.7. The van der Waals surface area contributed by atoms with Crippen molar-refractivity contribution in [2.24, 2.45) is 0 Å². The van der Waals surface area contributed by atoms with E-state index in [0.717, 1.165) is 16.7 Å². The highest BCUT2D eigenvalue weighted by Crippen LogP contribution is 2.50. The molecular formula is C24H20O5. The predicted molar refractivity (Wildman–Crippen MR) is 106 cm³/mol. The molecule has 5 nitrogen and oxygen atoms in total. The fourth-order valence-electron chi connectivity index (χ4n) is 3.72. The van der Waals surface area contributed by atoms with Crippen molar-refractivity contribution in [1.29, 1.82) is 0 Å². The second-order valence-electron chi connectivity index (χ2n) is 7.17. The number of benzene rings is 3. The summed E-state index contributed by atoms with van der Waals surface area (Å²) in [4.78, 5) is 11.7. The highest BCUT2D eigenvalue weighted by molar-refractivity contribution is 5.75. The molecule has 2 heterocycles. The van der Waals surface area contributed by atoms with E-state index in [4.69, 9.17) is 18.9 Å². The van der Waals surface area contributed by atoms with Gasteiger partial charge in [-0.25, -0.2) is 0 Å². The molecular weight excluding hydrogens is 368 g/mol. The largest absolute Gasteiger partial charge is 0.489 e. The van der Waals surface area contributed by atoms with Crippen LogP contribution in [0.2, 0.25) is 0 Å². The highest BCUT2D eigenvalue weighted by atomic mass is 16.7. The molecule has 0 radical (unpaired) electrons. The van der Waals surface area contributed by atoms with Gasteiger partial charge in [-0.2, -0.15) is 0 Å². The van der Waals surface area contributed by atoms with Crippen molar-refractivity contribution in [3.05, 3.63) is 89.5 Å². The van der Waals surface area contributed by atoms with E-state index in [1.54, 1.807) is 0 Å². The zero-order chi connectivity index (χ0) is 19.6. The molecule has 1 fully saturated rings. The first kappa shape index (κ1) is 17.6. The zero-order valence-electron chi connectivity index (χ0n) is 15.7. The van der Waals surface area contributed by atoms with Crippen LogP contribution in [0.3, 0.4) is 0 Å². The van der Waals surface area contributed by atoms with E-state index in [0.29, 0.717) is 36.9 Å². The van der Waals surface area contributed by atoms with Gasteiger partial charge in [-0.1, -0.05) is 60.7 Å². The number of ether oxygens (including phenoxy) is 4. The van der Waals surface area contributed by atoms with Crippen molar-refractivity contribution in [2.75, 3.05) is 0 Å². The van der Waals surface area contributed by atoms with Crippen molar-refractivity contribution >= 4 is 5.97 Å². The minimum atomic E-state index is -0.582. The Hall–Kier alpha value is -3.47. The highest BCUT2D eigenvalue weighted by Gasteiger charge is 2.46. The van der Waals surface area contributed by atoms with Gasteiger partial charge in [-0.15, -0.1) is 0 Å². The first-order valence-electron chi connectivity index (χ1n) is 9.64. The predicted octanol–water partition coefficient (Wildman–Crippen LogP) is 4.59. The second kappa shape index (κ2) is 7.51. The first-order chi connectivity index (χ1) is 14.3. The minimum absolute atomic E-state index is 0.147. The van der Waals surface area contributed by atoms with E-state index in [-0.39, 0.29) is 11.9 Å². The molecule has 2 aliphatic rings. The second-order valence-corrected chi connectivity index (χ2v) is 7.17. The molecule has 0 aromatic heterocycles.